The number of hydrogen-bond acceptors (Lipinski definition) is 6. The zero-order valence-corrected chi connectivity index (χ0v) is 27.3. The summed E-state index contributed by atoms with van der Waals surface area (Å²) >= 11 is 0. The Labute approximate surface area is 278 Å². The van der Waals surface area contributed by atoms with Gasteiger partial charge in [-0.1, -0.05) is 49.7 Å². The van der Waals surface area contributed by atoms with Gasteiger partial charge in [-0.25, -0.2) is 8.42 Å². The molecule has 0 N–H and O–H groups in total. The van der Waals surface area contributed by atoms with Crippen LogP contribution in [-0.4, -0.2) is 34.4 Å². The summed E-state index contributed by atoms with van der Waals surface area (Å²) in [5.74, 6) is 1.41. The van der Waals surface area contributed by atoms with Crippen molar-refractivity contribution in [3.63, 3.8) is 0 Å². The molecule has 0 atom stereocenters. The molecule has 0 amide bonds. The Morgan fingerprint density at radius 2 is 1.48 bits per heavy atom. The SMILES string of the molecule is CCCCN1/C(=C/c2oc3ccc(-n4ccc5ccccc54)cc3[n+]2CCCS(=O)(=O)[O-])Oc2ccc(-n3ccc4ccccc43)cc21. The van der Waals surface area contributed by atoms with Crippen LogP contribution < -0.4 is 14.2 Å². The maximum absolute atomic E-state index is 11.5. The van der Waals surface area contributed by atoms with E-state index in [1.165, 1.54) is 5.39 Å². The second-order valence-corrected chi connectivity index (χ2v) is 13.6. The molecule has 10 heteroatoms. The zero-order chi connectivity index (χ0) is 32.8. The van der Waals surface area contributed by atoms with E-state index in [4.69, 9.17) is 9.15 Å². The van der Waals surface area contributed by atoms with Gasteiger partial charge < -0.3 is 27.7 Å². The number of ether oxygens (including phenoxy) is 1. The molecule has 8 rings (SSSR count). The first-order valence-electron chi connectivity index (χ1n) is 16.2. The highest BCUT2D eigenvalue weighted by molar-refractivity contribution is 7.85. The summed E-state index contributed by atoms with van der Waals surface area (Å²) in [4.78, 5) is 2.17. The monoisotopic (exact) mass is 658 g/mol. The fourth-order valence-corrected chi connectivity index (χ4v) is 7.07. The van der Waals surface area contributed by atoms with E-state index in [0.29, 0.717) is 17.4 Å². The summed E-state index contributed by atoms with van der Waals surface area (Å²) in [5.41, 5.74) is 6.57. The number of unbranched alkanes of at least 4 members (excludes halogenated alkanes) is 1. The molecular weight excluding hydrogens is 625 g/mol. The smallest absolute Gasteiger partial charge is 0.379 e. The third kappa shape index (κ3) is 5.52. The first-order chi connectivity index (χ1) is 23.4. The molecule has 9 nitrogen and oxygen atoms in total. The number of aromatic nitrogens is 3. The van der Waals surface area contributed by atoms with Crippen LogP contribution >= 0.6 is 0 Å². The molecule has 0 bridgehead atoms. The van der Waals surface area contributed by atoms with Crippen molar-refractivity contribution < 1.29 is 26.7 Å². The number of anilines is 1. The van der Waals surface area contributed by atoms with Crippen LogP contribution in [0.3, 0.4) is 0 Å². The van der Waals surface area contributed by atoms with Crippen LogP contribution in [0.5, 0.6) is 5.75 Å². The van der Waals surface area contributed by atoms with E-state index in [2.05, 4.69) is 75.7 Å². The lowest BCUT2D eigenvalue weighted by molar-refractivity contribution is -0.677. The van der Waals surface area contributed by atoms with Gasteiger partial charge in [-0.3, -0.25) is 0 Å². The van der Waals surface area contributed by atoms with Crippen molar-refractivity contribution in [3.8, 4) is 17.1 Å². The molecule has 0 unspecified atom stereocenters. The van der Waals surface area contributed by atoms with Gasteiger partial charge in [0.25, 0.3) is 5.52 Å². The Morgan fingerprint density at radius 3 is 2.17 bits per heavy atom. The maximum atomic E-state index is 11.5. The van der Waals surface area contributed by atoms with Crippen LogP contribution in [0.4, 0.5) is 5.69 Å². The highest BCUT2D eigenvalue weighted by Gasteiger charge is 2.30. The fourth-order valence-electron chi connectivity index (χ4n) is 6.59. The molecule has 0 saturated carbocycles. The summed E-state index contributed by atoms with van der Waals surface area (Å²) in [5, 5.41) is 2.30. The number of nitrogens with zero attached hydrogens (tertiary/aromatic N) is 4. The Hall–Kier alpha value is -5.32. The molecule has 4 aromatic carbocycles. The van der Waals surface area contributed by atoms with Crippen molar-refractivity contribution in [1.29, 1.82) is 0 Å². The zero-order valence-electron chi connectivity index (χ0n) is 26.5. The quantitative estimate of drug-likeness (QED) is 0.111. The van der Waals surface area contributed by atoms with Crippen LogP contribution in [0.1, 0.15) is 32.1 Å². The van der Waals surface area contributed by atoms with Gasteiger partial charge in [0.2, 0.25) is 11.5 Å². The molecule has 0 spiro atoms. The Bertz CT molecular complexity index is 2450. The minimum absolute atomic E-state index is 0.146. The van der Waals surface area contributed by atoms with E-state index in [9.17, 15) is 13.0 Å². The lowest BCUT2D eigenvalue weighted by Gasteiger charge is -2.18. The Balaban J connectivity index is 1.21. The molecule has 0 saturated heterocycles. The molecule has 1 aliphatic heterocycles. The maximum Gasteiger partial charge on any atom is 0.379 e. The minimum Gasteiger partial charge on any atom is -0.748 e. The van der Waals surface area contributed by atoms with Gasteiger partial charge >= 0.3 is 5.89 Å². The third-order valence-corrected chi connectivity index (χ3v) is 9.73. The molecule has 48 heavy (non-hydrogen) atoms. The van der Waals surface area contributed by atoms with Gasteiger partial charge in [-0.05, 0) is 71.8 Å². The Morgan fingerprint density at radius 1 is 0.812 bits per heavy atom. The van der Waals surface area contributed by atoms with E-state index < -0.39 is 15.9 Å². The third-order valence-electron chi connectivity index (χ3n) is 8.94. The molecule has 7 aromatic rings. The van der Waals surface area contributed by atoms with Crippen LogP contribution in [0.2, 0.25) is 0 Å². The minimum atomic E-state index is -4.37. The molecule has 1 aliphatic rings. The van der Waals surface area contributed by atoms with Crippen molar-refractivity contribution in [2.24, 2.45) is 0 Å². The first-order valence-corrected chi connectivity index (χ1v) is 17.8. The van der Waals surface area contributed by atoms with Gasteiger partial charge in [0, 0.05) is 42.9 Å². The number of fused-ring (bicyclic) bond motifs is 4. The van der Waals surface area contributed by atoms with Crippen molar-refractivity contribution in [3.05, 3.63) is 121 Å². The van der Waals surface area contributed by atoms with Crippen LogP contribution in [0, 0.1) is 0 Å². The summed E-state index contributed by atoms with van der Waals surface area (Å²) in [7, 11) is -4.37. The number of benzene rings is 4. The number of oxazole rings is 1. The van der Waals surface area contributed by atoms with Gasteiger partial charge in [-0.15, -0.1) is 0 Å². The van der Waals surface area contributed by atoms with Crippen LogP contribution in [0.15, 0.2) is 120 Å². The molecule has 3 aromatic heterocycles. The van der Waals surface area contributed by atoms with Gasteiger partial charge in [-0.2, -0.15) is 4.57 Å². The van der Waals surface area contributed by atoms with Crippen LogP contribution in [0.25, 0.3) is 50.4 Å². The summed E-state index contributed by atoms with van der Waals surface area (Å²) in [6.45, 7) is 3.17. The molecule has 0 radical (unpaired) electrons. The molecular formula is C38H34N4O5S. The van der Waals surface area contributed by atoms with Gasteiger partial charge in [0.15, 0.2) is 12.3 Å². The molecule has 0 aliphatic carbocycles. The van der Waals surface area contributed by atoms with Crippen molar-refractivity contribution >= 4 is 54.8 Å². The highest BCUT2D eigenvalue weighted by atomic mass is 32.2. The lowest BCUT2D eigenvalue weighted by Crippen LogP contribution is -2.36. The molecule has 242 valence electrons. The number of para-hydroxylation sites is 2. The molecule has 4 heterocycles. The van der Waals surface area contributed by atoms with E-state index in [1.807, 2.05) is 65.4 Å². The normalized spacial score (nSPS) is 14.0. The van der Waals surface area contributed by atoms with E-state index in [1.54, 1.807) is 0 Å². The van der Waals surface area contributed by atoms with Gasteiger partial charge in [0.05, 0.1) is 32.5 Å². The van der Waals surface area contributed by atoms with Crippen molar-refractivity contribution in [2.75, 3.05) is 17.2 Å². The topological polar surface area (TPSA) is 96.6 Å². The molecule has 0 fully saturated rings. The lowest BCUT2D eigenvalue weighted by atomic mass is 10.2. The highest BCUT2D eigenvalue weighted by Crippen LogP contribution is 2.41. The fraction of sp³-hybridized carbons (Fsp3) is 0.184. The number of rotatable bonds is 10. The predicted octanol–water partition coefficient (Wildman–Crippen LogP) is 7.54. The average Bonchev–Trinajstić information content (AvgIpc) is 3.86. The van der Waals surface area contributed by atoms with Crippen molar-refractivity contribution in [1.82, 2.24) is 9.13 Å². The van der Waals surface area contributed by atoms with Crippen molar-refractivity contribution in [2.45, 2.75) is 32.7 Å². The standard InChI is InChI=1S/C38H34N4O5S/c1-2-3-19-41-33-24-29(39-21-17-27-9-4-6-11-31(27)39)13-15-35(33)46-37(41)26-38-42(20-8-23-48(43,44)45)34-25-30(14-16-36(34)47-38)40-22-18-28-10-5-7-12-32(28)40/h4-7,9-18,21-22,24-26H,2-3,8,19-20,23H2,1H3. The summed E-state index contributed by atoms with van der Waals surface area (Å²) < 4.78 is 53.8. The van der Waals surface area contributed by atoms with E-state index in [0.717, 1.165) is 64.1 Å². The first kappa shape index (κ1) is 30.0. The largest absolute Gasteiger partial charge is 0.748 e. The number of hydrogen-bond donors (Lipinski definition) is 0. The van der Waals surface area contributed by atoms with Crippen LogP contribution in [-0.2, 0) is 16.7 Å². The number of aryl methyl sites for hydroxylation is 1. The Kier molecular flexibility index (Phi) is 7.54. The second-order valence-electron chi connectivity index (χ2n) is 12.1. The van der Waals surface area contributed by atoms with E-state index in [-0.39, 0.29) is 13.0 Å². The van der Waals surface area contributed by atoms with Gasteiger partial charge in [0.1, 0.15) is 6.08 Å². The summed E-state index contributed by atoms with van der Waals surface area (Å²) in [6.07, 6.45) is 8.09. The average molecular weight is 659 g/mol. The second kappa shape index (κ2) is 12.0. The predicted molar refractivity (Wildman–Crippen MR) is 187 cm³/mol. The summed E-state index contributed by atoms with van der Waals surface area (Å²) in [6, 6.07) is 32.8. The van der Waals surface area contributed by atoms with E-state index >= 15 is 0 Å².